The molecule has 0 aromatic carbocycles. The van der Waals surface area contributed by atoms with E-state index in [1.165, 1.54) is 11.3 Å². The summed E-state index contributed by atoms with van der Waals surface area (Å²) in [6, 6.07) is 9.06. The molecule has 3 rings (SSSR count). The highest BCUT2D eigenvalue weighted by Gasteiger charge is 2.22. The van der Waals surface area contributed by atoms with E-state index in [2.05, 4.69) is 15.6 Å². The third-order valence-corrected chi connectivity index (χ3v) is 4.54. The summed E-state index contributed by atoms with van der Waals surface area (Å²) < 4.78 is 5.39. The van der Waals surface area contributed by atoms with Gasteiger partial charge in [0.2, 0.25) is 12.3 Å². The third kappa shape index (κ3) is 4.16. The summed E-state index contributed by atoms with van der Waals surface area (Å²) >= 11 is 1.34. The van der Waals surface area contributed by atoms with Gasteiger partial charge in [-0.2, -0.15) is 0 Å². The summed E-state index contributed by atoms with van der Waals surface area (Å²) in [4.78, 5) is 29.2. The van der Waals surface area contributed by atoms with Gasteiger partial charge in [-0.25, -0.2) is 0 Å². The van der Waals surface area contributed by atoms with Gasteiger partial charge in [0.25, 0.3) is 0 Å². The zero-order valence-corrected chi connectivity index (χ0v) is 13.8. The molecule has 1 saturated heterocycles. The number of thiophene rings is 1. The van der Waals surface area contributed by atoms with E-state index in [1.807, 2.05) is 24.3 Å². The minimum atomic E-state index is -0.188. The first-order chi connectivity index (χ1) is 11.8. The molecule has 0 radical (unpaired) electrons. The van der Waals surface area contributed by atoms with E-state index in [9.17, 15) is 9.59 Å². The molecule has 0 aliphatic carbocycles. The maximum atomic E-state index is 12.1. The smallest absolute Gasteiger partial charge is 0.230 e. The van der Waals surface area contributed by atoms with Crippen molar-refractivity contribution in [3.63, 3.8) is 0 Å². The molecule has 1 atom stereocenters. The van der Waals surface area contributed by atoms with Crippen molar-refractivity contribution in [3.05, 3.63) is 42.2 Å². The first-order valence-corrected chi connectivity index (χ1v) is 8.42. The Hall–Kier alpha value is -2.29. The van der Waals surface area contributed by atoms with E-state index >= 15 is 0 Å². The highest BCUT2D eigenvalue weighted by molar-refractivity contribution is 7.20. The van der Waals surface area contributed by atoms with Gasteiger partial charge in [-0.3, -0.25) is 24.8 Å². The second-order valence-electron chi connectivity index (χ2n) is 5.24. The van der Waals surface area contributed by atoms with E-state index in [-0.39, 0.29) is 18.5 Å². The lowest BCUT2D eigenvalue weighted by Gasteiger charge is -2.31. The SMILES string of the molecule is O=CN(c1ccc(NC(=O)Cc2ccccn2)s1)C1COCCN1. The maximum absolute atomic E-state index is 12.1. The van der Waals surface area contributed by atoms with Gasteiger partial charge in [0.05, 0.1) is 24.6 Å². The van der Waals surface area contributed by atoms with Gasteiger partial charge in [-0.05, 0) is 24.3 Å². The van der Waals surface area contributed by atoms with E-state index < -0.39 is 0 Å². The third-order valence-electron chi connectivity index (χ3n) is 3.53. The van der Waals surface area contributed by atoms with Crippen LogP contribution in [0.25, 0.3) is 0 Å². The minimum Gasteiger partial charge on any atom is -0.377 e. The van der Waals surface area contributed by atoms with Crippen LogP contribution in [-0.4, -0.2) is 43.2 Å². The lowest BCUT2D eigenvalue weighted by atomic mass is 10.2. The lowest BCUT2D eigenvalue weighted by molar-refractivity contribution is -0.115. The Kier molecular flexibility index (Phi) is 5.52. The Balaban J connectivity index is 1.61. The molecule has 24 heavy (non-hydrogen) atoms. The molecule has 1 aliphatic heterocycles. The van der Waals surface area contributed by atoms with Crippen molar-refractivity contribution >= 4 is 33.7 Å². The van der Waals surface area contributed by atoms with Crippen LogP contribution in [0.15, 0.2) is 36.5 Å². The standard InChI is InChI=1S/C16H18N4O3S/c21-11-20(13-10-23-8-7-18-13)16-5-4-15(24-16)19-14(22)9-12-3-1-2-6-17-12/h1-6,11,13,18H,7-10H2,(H,19,22). The first kappa shape index (κ1) is 16.6. The predicted octanol–water partition coefficient (Wildman–Crippen LogP) is 1.23. The second kappa shape index (κ2) is 8.00. The summed E-state index contributed by atoms with van der Waals surface area (Å²) in [7, 11) is 0. The highest BCUT2D eigenvalue weighted by Crippen LogP contribution is 2.30. The topological polar surface area (TPSA) is 83.6 Å². The molecule has 126 valence electrons. The van der Waals surface area contributed by atoms with Crippen molar-refractivity contribution in [2.45, 2.75) is 12.6 Å². The van der Waals surface area contributed by atoms with E-state index in [0.717, 1.165) is 11.4 Å². The summed E-state index contributed by atoms with van der Waals surface area (Å²) in [6.07, 6.45) is 2.46. The number of amides is 2. The molecule has 8 heteroatoms. The Morgan fingerprint density at radius 1 is 1.46 bits per heavy atom. The number of rotatable bonds is 6. The van der Waals surface area contributed by atoms with Gasteiger partial charge >= 0.3 is 0 Å². The van der Waals surface area contributed by atoms with Gasteiger partial charge in [-0.15, -0.1) is 11.3 Å². The fraction of sp³-hybridized carbons (Fsp3) is 0.312. The second-order valence-corrected chi connectivity index (χ2v) is 6.30. The Morgan fingerprint density at radius 3 is 3.08 bits per heavy atom. The fourth-order valence-corrected chi connectivity index (χ4v) is 3.33. The molecule has 2 N–H and O–H groups in total. The Morgan fingerprint density at radius 2 is 2.38 bits per heavy atom. The number of anilines is 2. The van der Waals surface area contributed by atoms with E-state index in [4.69, 9.17) is 4.74 Å². The number of hydrogen-bond acceptors (Lipinski definition) is 6. The number of nitrogens with zero attached hydrogens (tertiary/aromatic N) is 2. The average molecular weight is 346 g/mol. The normalized spacial score (nSPS) is 17.2. The van der Waals surface area contributed by atoms with E-state index in [0.29, 0.717) is 30.5 Å². The van der Waals surface area contributed by atoms with E-state index in [1.54, 1.807) is 17.2 Å². The molecule has 1 fully saturated rings. The van der Waals surface area contributed by atoms with Crippen molar-refractivity contribution in [2.24, 2.45) is 0 Å². The minimum absolute atomic E-state index is 0.140. The summed E-state index contributed by atoms with van der Waals surface area (Å²) in [5.41, 5.74) is 0.713. The zero-order chi connectivity index (χ0) is 16.8. The molecule has 2 aromatic heterocycles. The first-order valence-electron chi connectivity index (χ1n) is 7.60. The lowest BCUT2D eigenvalue weighted by Crippen LogP contribution is -2.52. The van der Waals surface area contributed by atoms with Crippen LogP contribution in [0.2, 0.25) is 0 Å². The van der Waals surface area contributed by atoms with Gasteiger partial charge in [-0.1, -0.05) is 6.07 Å². The highest BCUT2D eigenvalue weighted by atomic mass is 32.1. The van der Waals surface area contributed by atoms with Crippen LogP contribution in [0, 0.1) is 0 Å². The van der Waals surface area contributed by atoms with Crippen LogP contribution in [0.1, 0.15) is 5.69 Å². The van der Waals surface area contributed by atoms with Crippen LogP contribution in [0.3, 0.4) is 0 Å². The number of carbonyl (C=O) groups is 2. The van der Waals surface area contributed by atoms with Crippen molar-refractivity contribution in [3.8, 4) is 0 Å². The van der Waals surface area contributed by atoms with Crippen LogP contribution in [-0.2, 0) is 20.7 Å². The molecule has 7 nitrogen and oxygen atoms in total. The van der Waals surface area contributed by atoms with Crippen LogP contribution < -0.4 is 15.5 Å². The Labute approximate surface area is 143 Å². The molecule has 2 amide bonds. The maximum Gasteiger partial charge on any atom is 0.230 e. The molecule has 0 spiro atoms. The zero-order valence-electron chi connectivity index (χ0n) is 13.0. The van der Waals surface area contributed by atoms with Crippen LogP contribution in [0.5, 0.6) is 0 Å². The molecule has 0 saturated carbocycles. The van der Waals surface area contributed by atoms with Crippen molar-refractivity contribution in [2.75, 3.05) is 30.0 Å². The number of nitrogens with one attached hydrogen (secondary N) is 2. The molecule has 3 heterocycles. The van der Waals surface area contributed by atoms with Gasteiger partial charge in [0.1, 0.15) is 11.2 Å². The van der Waals surface area contributed by atoms with Crippen LogP contribution in [0.4, 0.5) is 10.0 Å². The van der Waals surface area contributed by atoms with Crippen molar-refractivity contribution < 1.29 is 14.3 Å². The predicted molar refractivity (Wildman–Crippen MR) is 92.0 cm³/mol. The molecule has 1 aliphatic rings. The fourth-order valence-electron chi connectivity index (χ4n) is 2.39. The number of hydrogen-bond donors (Lipinski definition) is 2. The van der Waals surface area contributed by atoms with Crippen molar-refractivity contribution in [1.82, 2.24) is 10.3 Å². The molecular formula is C16H18N4O3S. The number of pyridine rings is 1. The summed E-state index contributed by atoms with van der Waals surface area (Å²) in [5, 5.41) is 7.51. The largest absolute Gasteiger partial charge is 0.377 e. The molecule has 2 aromatic rings. The van der Waals surface area contributed by atoms with Gasteiger partial charge < -0.3 is 10.1 Å². The van der Waals surface area contributed by atoms with Crippen LogP contribution >= 0.6 is 11.3 Å². The monoisotopic (exact) mass is 346 g/mol. The summed E-state index contributed by atoms with van der Waals surface area (Å²) in [6.45, 7) is 1.79. The number of morpholine rings is 1. The Bertz CT molecular complexity index is 686. The molecule has 1 unspecified atom stereocenters. The number of ether oxygens (including phenoxy) is 1. The van der Waals surface area contributed by atoms with Gasteiger partial charge in [0.15, 0.2) is 0 Å². The van der Waals surface area contributed by atoms with Crippen molar-refractivity contribution in [1.29, 1.82) is 0 Å². The molecular weight excluding hydrogens is 328 g/mol. The number of aromatic nitrogens is 1. The van der Waals surface area contributed by atoms with Gasteiger partial charge in [0, 0.05) is 18.4 Å². The quantitative estimate of drug-likeness (QED) is 0.769. The summed E-state index contributed by atoms with van der Waals surface area (Å²) in [5.74, 6) is -0.140. The number of carbonyl (C=O) groups excluding carboxylic acids is 2. The average Bonchev–Trinajstić information content (AvgIpc) is 3.05. The molecule has 0 bridgehead atoms.